The fraction of sp³-hybridized carbons (Fsp3) is 0.318. The van der Waals surface area contributed by atoms with E-state index in [-0.39, 0.29) is 6.10 Å². The predicted molar refractivity (Wildman–Crippen MR) is 114 cm³/mol. The maximum absolute atomic E-state index is 12.7. The summed E-state index contributed by atoms with van der Waals surface area (Å²) in [6, 6.07) is 7.25. The molecule has 0 atom stereocenters. The molecule has 0 fully saturated rings. The number of hydrogen-bond donors (Lipinski definition) is 1. The van der Waals surface area contributed by atoms with Gasteiger partial charge in [0.2, 0.25) is 5.75 Å². The van der Waals surface area contributed by atoms with E-state index >= 15 is 0 Å². The van der Waals surface area contributed by atoms with Gasteiger partial charge in [0.1, 0.15) is 5.56 Å². The van der Waals surface area contributed by atoms with Crippen molar-refractivity contribution in [2.45, 2.75) is 26.9 Å². The minimum Gasteiger partial charge on any atom is -0.493 e. The maximum atomic E-state index is 12.7. The molecule has 8 nitrogen and oxygen atoms in total. The number of benzene rings is 1. The highest BCUT2D eigenvalue weighted by Gasteiger charge is 2.20. The van der Waals surface area contributed by atoms with Crippen molar-refractivity contribution in [2.75, 3.05) is 26.6 Å². The number of ether oxygens (including phenoxy) is 4. The van der Waals surface area contributed by atoms with Gasteiger partial charge < -0.3 is 24.3 Å². The minimum atomic E-state index is -0.477. The molecule has 2 aromatic heterocycles. The van der Waals surface area contributed by atoms with E-state index < -0.39 is 5.97 Å². The summed E-state index contributed by atoms with van der Waals surface area (Å²) in [7, 11) is 4.62. The van der Waals surface area contributed by atoms with Crippen LogP contribution in [0.4, 0.5) is 11.4 Å². The fourth-order valence-corrected chi connectivity index (χ4v) is 3.04. The first-order valence-electron chi connectivity index (χ1n) is 9.42. The first-order chi connectivity index (χ1) is 14.4. The van der Waals surface area contributed by atoms with Crippen LogP contribution in [0.3, 0.4) is 0 Å². The first-order valence-corrected chi connectivity index (χ1v) is 9.42. The molecule has 0 amide bonds. The average molecular weight is 411 g/mol. The molecule has 0 radical (unpaired) electrons. The SMILES string of the molecule is COc1cc(Nc2c(C(=O)OC(C)C)cnc3nc(C)ccc23)cc(OC)c1OC. The number of nitrogens with zero attached hydrogens (tertiary/aromatic N) is 2. The number of hydrogen-bond acceptors (Lipinski definition) is 8. The van der Waals surface area contributed by atoms with Crippen LogP contribution in [-0.2, 0) is 4.74 Å². The summed E-state index contributed by atoms with van der Waals surface area (Å²) in [6.45, 7) is 5.47. The van der Waals surface area contributed by atoms with Crippen molar-refractivity contribution in [3.63, 3.8) is 0 Å². The molecule has 0 saturated carbocycles. The summed E-state index contributed by atoms with van der Waals surface area (Å²) in [5.41, 5.74) is 2.82. The lowest BCUT2D eigenvalue weighted by Crippen LogP contribution is -2.14. The lowest BCUT2D eigenvalue weighted by molar-refractivity contribution is 0.0379. The molecule has 0 saturated heterocycles. The van der Waals surface area contributed by atoms with Crippen molar-refractivity contribution in [2.24, 2.45) is 0 Å². The number of carbonyl (C=O) groups is 1. The maximum Gasteiger partial charge on any atom is 0.342 e. The molecule has 0 aliphatic carbocycles. The molecule has 158 valence electrons. The molecule has 0 bridgehead atoms. The van der Waals surface area contributed by atoms with E-state index in [9.17, 15) is 4.79 Å². The van der Waals surface area contributed by atoms with Gasteiger partial charge in [-0.2, -0.15) is 0 Å². The average Bonchev–Trinajstić information content (AvgIpc) is 2.72. The largest absolute Gasteiger partial charge is 0.493 e. The summed E-state index contributed by atoms with van der Waals surface area (Å²) < 4.78 is 21.6. The molecular formula is C22H25N3O5. The Morgan fingerprint density at radius 1 is 1.03 bits per heavy atom. The van der Waals surface area contributed by atoms with Crippen molar-refractivity contribution < 1.29 is 23.7 Å². The summed E-state index contributed by atoms with van der Waals surface area (Å²) >= 11 is 0. The second-order valence-electron chi connectivity index (χ2n) is 6.86. The normalized spacial score (nSPS) is 10.8. The van der Waals surface area contributed by atoms with E-state index in [0.29, 0.717) is 45.2 Å². The number of anilines is 2. The zero-order valence-electron chi connectivity index (χ0n) is 17.9. The highest BCUT2D eigenvalue weighted by molar-refractivity contribution is 6.05. The van der Waals surface area contributed by atoms with Gasteiger partial charge in [0.05, 0.1) is 33.1 Å². The highest BCUT2D eigenvalue weighted by Crippen LogP contribution is 2.41. The van der Waals surface area contributed by atoms with Crippen LogP contribution < -0.4 is 19.5 Å². The molecule has 0 aliphatic rings. The molecule has 0 aliphatic heterocycles. The number of esters is 1. The molecular weight excluding hydrogens is 386 g/mol. The van der Waals surface area contributed by atoms with Gasteiger partial charge in [-0.25, -0.2) is 14.8 Å². The van der Waals surface area contributed by atoms with Gasteiger partial charge in [-0.3, -0.25) is 0 Å². The van der Waals surface area contributed by atoms with E-state index in [1.165, 1.54) is 13.3 Å². The van der Waals surface area contributed by atoms with E-state index in [4.69, 9.17) is 18.9 Å². The van der Waals surface area contributed by atoms with Crippen molar-refractivity contribution in [1.29, 1.82) is 0 Å². The Labute approximate surface area is 175 Å². The lowest BCUT2D eigenvalue weighted by atomic mass is 10.1. The lowest BCUT2D eigenvalue weighted by Gasteiger charge is -2.18. The number of aromatic nitrogens is 2. The molecule has 3 aromatic rings. The summed E-state index contributed by atoms with van der Waals surface area (Å²) in [4.78, 5) is 21.5. The van der Waals surface area contributed by atoms with Crippen LogP contribution in [0, 0.1) is 6.92 Å². The second-order valence-corrected chi connectivity index (χ2v) is 6.86. The molecule has 30 heavy (non-hydrogen) atoms. The van der Waals surface area contributed by atoms with Crippen LogP contribution in [0.1, 0.15) is 29.9 Å². The van der Waals surface area contributed by atoms with Gasteiger partial charge in [-0.15, -0.1) is 0 Å². The fourth-order valence-electron chi connectivity index (χ4n) is 3.04. The molecule has 2 heterocycles. The van der Waals surface area contributed by atoms with Crippen molar-refractivity contribution >= 4 is 28.4 Å². The Balaban J connectivity index is 2.17. The van der Waals surface area contributed by atoms with Gasteiger partial charge in [-0.05, 0) is 32.9 Å². The quantitative estimate of drug-likeness (QED) is 0.576. The summed E-state index contributed by atoms with van der Waals surface area (Å²) in [5, 5.41) is 3.98. The smallest absolute Gasteiger partial charge is 0.342 e. The van der Waals surface area contributed by atoms with Crippen LogP contribution in [0.2, 0.25) is 0 Å². The second kappa shape index (κ2) is 8.86. The van der Waals surface area contributed by atoms with E-state index in [1.807, 2.05) is 19.1 Å². The number of carbonyl (C=O) groups excluding carboxylic acids is 1. The van der Waals surface area contributed by atoms with Crippen LogP contribution in [-0.4, -0.2) is 43.4 Å². The van der Waals surface area contributed by atoms with Crippen molar-refractivity contribution in [3.05, 3.63) is 41.7 Å². The highest BCUT2D eigenvalue weighted by atomic mass is 16.5. The molecule has 1 N–H and O–H groups in total. The van der Waals surface area contributed by atoms with Gasteiger partial charge in [0.15, 0.2) is 17.1 Å². The van der Waals surface area contributed by atoms with Crippen molar-refractivity contribution in [1.82, 2.24) is 9.97 Å². The zero-order valence-corrected chi connectivity index (χ0v) is 17.9. The molecule has 1 aromatic carbocycles. The monoisotopic (exact) mass is 411 g/mol. The first kappa shape index (κ1) is 21.2. The standard InChI is InChI=1S/C22H25N3O5/c1-12(2)30-22(26)16-11-23-21-15(8-7-13(3)24-21)19(16)25-14-9-17(27-4)20(29-6)18(10-14)28-5/h7-12H,1-6H3,(H,23,24,25). The Morgan fingerprint density at radius 3 is 2.27 bits per heavy atom. The van der Waals surface area contributed by atoms with E-state index in [1.54, 1.807) is 40.2 Å². The Hall–Kier alpha value is -3.55. The van der Waals surface area contributed by atoms with Gasteiger partial charge in [-0.1, -0.05) is 0 Å². The molecule has 8 heteroatoms. The number of rotatable bonds is 7. The minimum absolute atomic E-state index is 0.265. The van der Waals surface area contributed by atoms with Crippen LogP contribution in [0.25, 0.3) is 11.0 Å². The topological polar surface area (TPSA) is 91.8 Å². The molecule has 0 spiro atoms. The van der Waals surface area contributed by atoms with E-state index in [0.717, 1.165) is 5.69 Å². The van der Waals surface area contributed by atoms with Gasteiger partial charge in [0, 0.05) is 35.1 Å². The summed E-state index contributed by atoms with van der Waals surface area (Å²) in [6.07, 6.45) is 1.21. The third-order valence-electron chi connectivity index (χ3n) is 4.37. The zero-order chi connectivity index (χ0) is 21.8. The Kier molecular flexibility index (Phi) is 6.25. The van der Waals surface area contributed by atoms with E-state index in [2.05, 4.69) is 15.3 Å². The number of nitrogens with one attached hydrogen (secondary N) is 1. The third-order valence-corrected chi connectivity index (χ3v) is 4.37. The number of fused-ring (bicyclic) bond motifs is 1. The predicted octanol–water partition coefficient (Wildman–Crippen LogP) is 4.27. The number of pyridine rings is 2. The Bertz CT molecular complexity index is 1060. The van der Waals surface area contributed by atoms with Gasteiger partial charge in [0.25, 0.3) is 0 Å². The molecule has 3 rings (SSSR count). The van der Waals surface area contributed by atoms with Gasteiger partial charge >= 0.3 is 5.97 Å². The third kappa shape index (κ3) is 4.22. The van der Waals surface area contributed by atoms with Crippen LogP contribution >= 0.6 is 0 Å². The number of aryl methyl sites for hydroxylation is 1. The van der Waals surface area contributed by atoms with Crippen LogP contribution in [0.15, 0.2) is 30.5 Å². The Morgan fingerprint density at radius 2 is 1.70 bits per heavy atom. The number of methoxy groups -OCH3 is 3. The molecule has 0 unspecified atom stereocenters. The van der Waals surface area contributed by atoms with Crippen molar-refractivity contribution in [3.8, 4) is 17.2 Å². The van der Waals surface area contributed by atoms with Crippen LogP contribution in [0.5, 0.6) is 17.2 Å². The summed E-state index contributed by atoms with van der Waals surface area (Å²) in [5.74, 6) is 0.966.